The van der Waals surface area contributed by atoms with Crippen molar-refractivity contribution in [3.05, 3.63) is 81.1 Å². The number of carbonyl (C=O) groups is 1. The van der Waals surface area contributed by atoms with Gasteiger partial charge in [-0.15, -0.1) is 11.3 Å². The number of thiazole rings is 1. The molecule has 9 heteroatoms. The zero-order valence-corrected chi connectivity index (χ0v) is 14.9. The van der Waals surface area contributed by atoms with E-state index in [1.807, 2.05) is 0 Å². The lowest BCUT2D eigenvalue weighted by atomic mass is 10.1. The molecule has 0 fully saturated rings. The van der Waals surface area contributed by atoms with Gasteiger partial charge in [0, 0.05) is 22.9 Å². The smallest absolute Gasteiger partial charge is 0.416 e. The Kier molecular flexibility index (Phi) is 5.64. The average molecular weight is 410 g/mol. The predicted octanol–water partition coefficient (Wildman–Crippen LogP) is 3.83. The number of benzene rings is 2. The van der Waals surface area contributed by atoms with E-state index in [0.29, 0.717) is 0 Å². The summed E-state index contributed by atoms with van der Waals surface area (Å²) in [5, 5.41) is 12.4. The number of nitrogens with zero attached hydrogens (tertiary/aromatic N) is 1. The van der Waals surface area contributed by atoms with Crippen molar-refractivity contribution < 1.29 is 32.2 Å². The van der Waals surface area contributed by atoms with E-state index in [1.54, 1.807) is 6.07 Å². The van der Waals surface area contributed by atoms with Crippen LogP contribution in [0.4, 0.5) is 17.6 Å². The monoisotopic (exact) mass is 410 g/mol. The molecule has 3 rings (SSSR count). The van der Waals surface area contributed by atoms with E-state index >= 15 is 0 Å². The summed E-state index contributed by atoms with van der Waals surface area (Å²) in [7, 11) is 0. The lowest BCUT2D eigenvalue weighted by molar-refractivity contribution is -0.255. The second-order valence-electron chi connectivity index (χ2n) is 5.79. The molecule has 146 valence electrons. The highest BCUT2D eigenvalue weighted by atomic mass is 32.1. The van der Waals surface area contributed by atoms with Crippen LogP contribution in [0.2, 0.25) is 0 Å². The summed E-state index contributed by atoms with van der Waals surface area (Å²) in [4.78, 5) is 14.7. The van der Waals surface area contributed by atoms with Crippen LogP contribution in [0.15, 0.2) is 47.8 Å². The Morgan fingerprint density at radius 2 is 1.89 bits per heavy atom. The number of carboxylic acids is 1. The van der Waals surface area contributed by atoms with E-state index in [1.165, 1.54) is 23.6 Å². The fourth-order valence-corrected chi connectivity index (χ4v) is 3.24. The van der Waals surface area contributed by atoms with Crippen molar-refractivity contribution in [1.29, 1.82) is 0 Å². The van der Waals surface area contributed by atoms with Gasteiger partial charge >= 0.3 is 6.18 Å². The van der Waals surface area contributed by atoms with Crippen LogP contribution in [0, 0.1) is 5.82 Å². The molecule has 1 heterocycles. The topological polar surface area (TPSA) is 62.2 Å². The number of aromatic nitrogens is 1. The van der Waals surface area contributed by atoms with Gasteiger partial charge in [0.1, 0.15) is 18.2 Å². The van der Waals surface area contributed by atoms with Crippen molar-refractivity contribution in [3.8, 4) is 5.75 Å². The molecular weight excluding hydrogens is 398 g/mol. The molecule has 0 aliphatic rings. The van der Waals surface area contributed by atoms with Crippen LogP contribution < -0.4 is 9.84 Å². The molecule has 1 aromatic heterocycles. The minimum absolute atomic E-state index is 0.0749. The molecule has 0 saturated heterocycles. The summed E-state index contributed by atoms with van der Waals surface area (Å²) in [6.45, 7) is -0.173. The maximum Gasteiger partial charge on any atom is 0.416 e. The summed E-state index contributed by atoms with van der Waals surface area (Å²) in [6.07, 6.45) is -4.63. The average Bonchev–Trinajstić information content (AvgIpc) is 3.10. The molecule has 0 aliphatic heterocycles. The van der Waals surface area contributed by atoms with E-state index in [0.717, 1.165) is 29.5 Å². The first-order chi connectivity index (χ1) is 13.2. The minimum Gasteiger partial charge on any atom is -0.543 e. The molecule has 0 saturated carbocycles. The summed E-state index contributed by atoms with van der Waals surface area (Å²) in [6, 6.07) is 8.83. The lowest BCUT2D eigenvalue weighted by Gasteiger charge is -2.14. The third-order valence-corrected chi connectivity index (χ3v) is 4.68. The predicted molar refractivity (Wildman–Crippen MR) is 91.4 cm³/mol. The standard InChI is InChI=1S/C19H13F4NO3S/c20-14-4-2-1-3-11(14)9-27-16-6-5-13(19(21,22)23)7-12(16)8-17-24-15(10-28-17)18(25)26/h1-7,10H,8-9H2,(H,25,26)/p-1. The van der Waals surface area contributed by atoms with E-state index in [2.05, 4.69) is 4.98 Å². The van der Waals surface area contributed by atoms with Gasteiger partial charge < -0.3 is 14.6 Å². The Morgan fingerprint density at radius 1 is 1.14 bits per heavy atom. The van der Waals surface area contributed by atoms with Gasteiger partial charge in [0.15, 0.2) is 0 Å². The molecule has 0 radical (unpaired) electrons. The Labute approximate surface area is 161 Å². The van der Waals surface area contributed by atoms with Gasteiger partial charge in [-0.05, 0) is 24.3 Å². The van der Waals surface area contributed by atoms with Crippen LogP contribution in [0.5, 0.6) is 5.75 Å². The molecule has 0 spiro atoms. The van der Waals surface area contributed by atoms with Crippen LogP contribution >= 0.6 is 11.3 Å². The van der Waals surface area contributed by atoms with Crippen molar-refractivity contribution in [2.75, 3.05) is 0 Å². The second kappa shape index (κ2) is 7.97. The molecule has 28 heavy (non-hydrogen) atoms. The van der Waals surface area contributed by atoms with Gasteiger partial charge in [-0.2, -0.15) is 13.2 Å². The Morgan fingerprint density at radius 3 is 2.54 bits per heavy atom. The molecule has 0 N–H and O–H groups in total. The van der Waals surface area contributed by atoms with Gasteiger partial charge in [0.05, 0.1) is 22.2 Å². The van der Waals surface area contributed by atoms with Crippen molar-refractivity contribution in [1.82, 2.24) is 4.98 Å². The highest BCUT2D eigenvalue weighted by molar-refractivity contribution is 7.09. The number of hydrogen-bond donors (Lipinski definition) is 0. The van der Waals surface area contributed by atoms with E-state index in [9.17, 15) is 27.5 Å². The van der Waals surface area contributed by atoms with Gasteiger partial charge in [0.2, 0.25) is 0 Å². The van der Waals surface area contributed by atoms with Crippen LogP contribution in [0.3, 0.4) is 0 Å². The van der Waals surface area contributed by atoms with Crippen molar-refractivity contribution in [3.63, 3.8) is 0 Å². The second-order valence-corrected chi connectivity index (χ2v) is 6.73. The third kappa shape index (κ3) is 4.66. The minimum atomic E-state index is -4.56. The van der Waals surface area contributed by atoms with E-state index < -0.39 is 23.5 Å². The number of ether oxygens (including phenoxy) is 1. The van der Waals surface area contributed by atoms with Crippen molar-refractivity contribution in [2.45, 2.75) is 19.2 Å². The molecule has 0 bridgehead atoms. The molecule has 2 aromatic carbocycles. The van der Waals surface area contributed by atoms with Crippen LogP contribution in [0.25, 0.3) is 0 Å². The molecule has 0 aliphatic carbocycles. The first kappa shape index (κ1) is 19.8. The Bertz CT molecular complexity index is 1000. The highest BCUT2D eigenvalue weighted by Gasteiger charge is 2.31. The molecule has 3 aromatic rings. The number of aromatic carboxylic acids is 1. The normalized spacial score (nSPS) is 11.4. The zero-order valence-electron chi connectivity index (χ0n) is 14.1. The van der Waals surface area contributed by atoms with E-state index in [-0.39, 0.29) is 40.6 Å². The van der Waals surface area contributed by atoms with Crippen LogP contribution in [0.1, 0.15) is 32.2 Å². The third-order valence-electron chi connectivity index (χ3n) is 3.83. The first-order valence-corrected chi connectivity index (χ1v) is 8.84. The molecular formula is C19H12F4NO3S-. The summed E-state index contributed by atoms with van der Waals surface area (Å²) in [5.74, 6) is -1.83. The fourth-order valence-electron chi connectivity index (χ4n) is 2.45. The van der Waals surface area contributed by atoms with Gasteiger partial charge in [0.25, 0.3) is 0 Å². The molecule has 0 atom stereocenters. The number of carboxylic acid groups (broad SMARTS) is 1. The summed E-state index contributed by atoms with van der Waals surface area (Å²) < 4.78 is 58.5. The first-order valence-electron chi connectivity index (χ1n) is 7.96. The Hall–Kier alpha value is -2.94. The molecule has 0 amide bonds. The molecule has 0 unspecified atom stereocenters. The maximum atomic E-state index is 13.7. The fraction of sp³-hybridized carbons (Fsp3) is 0.158. The number of alkyl halides is 3. The van der Waals surface area contributed by atoms with Gasteiger partial charge in [-0.25, -0.2) is 9.37 Å². The number of halogens is 4. The summed E-state index contributed by atoms with van der Waals surface area (Å²) in [5.41, 5.74) is -0.759. The summed E-state index contributed by atoms with van der Waals surface area (Å²) >= 11 is 0.983. The zero-order chi connectivity index (χ0) is 20.3. The number of hydrogen-bond acceptors (Lipinski definition) is 5. The maximum absolute atomic E-state index is 13.7. The van der Waals surface area contributed by atoms with Crippen molar-refractivity contribution >= 4 is 17.3 Å². The van der Waals surface area contributed by atoms with E-state index in [4.69, 9.17) is 4.74 Å². The van der Waals surface area contributed by atoms with Gasteiger partial charge in [-0.3, -0.25) is 0 Å². The van der Waals surface area contributed by atoms with Crippen molar-refractivity contribution in [2.24, 2.45) is 0 Å². The molecule has 4 nitrogen and oxygen atoms in total. The SMILES string of the molecule is O=C([O-])c1csc(Cc2cc(C(F)(F)F)ccc2OCc2ccccc2F)n1. The van der Waals surface area contributed by atoms with Gasteiger partial charge in [-0.1, -0.05) is 18.2 Å². The van der Waals surface area contributed by atoms with Crippen LogP contribution in [-0.4, -0.2) is 11.0 Å². The Balaban J connectivity index is 1.89. The lowest BCUT2D eigenvalue weighted by Crippen LogP contribution is -2.22. The largest absolute Gasteiger partial charge is 0.543 e. The van der Waals surface area contributed by atoms with Crippen LogP contribution in [-0.2, 0) is 19.2 Å². The highest BCUT2D eigenvalue weighted by Crippen LogP contribution is 2.34. The number of carbonyl (C=O) groups excluding carboxylic acids is 1. The quantitative estimate of drug-likeness (QED) is 0.580. The number of rotatable bonds is 6.